The molecule has 0 aliphatic heterocycles. The number of hydrogen-bond acceptors (Lipinski definition) is 2. The van der Waals surface area contributed by atoms with Gasteiger partial charge in [0.2, 0.25) is 5.91 Å². The van der Waals surface area contributed by atoms with Crippen LogP contribution < -0.4 is 10.2 Å². The molecule has 21 heavy (non-hydrogen) atoms. The van der Waals surface area contributed by atoms with Crippen LogP contribution >= 0.6 is 0 Å². The van der Waals surface area contributed by atoms with Crippen LogP contribution in [-0.4, -0.2) is 19.5 Å². The summed E-state index contributed by atoms with van der Waals surface area (Å²) < 4.78 is 12.9. The molecule has 1 amide bonds. The summed E-state index contributed by atoms with van der Waals surface area (Å²) in [6.07, 6.45) is 0. The highest BCUT2D eigenvalue weighted by Gasteiger charge is 2.08. The summed E-state index contributed by atoms with van der Waals surface area (Å²) in [5.74, 6) is -0.346. The average Bonchev–Trinajstić information content (AvgIpc) is 2.47. The Balaban J connectivity index is 1.87. The minimum atomic E-state index is -0.281. The summed E-state index contributed by atoms with van der Waals surface area (Å²) in [6.45, 7) is 2.77. The first-order valence-corrected chi connectivity index (χ1v) is 6.84. The van der Waals surface area contributed by atoms with E-state index in [9.17, 15) is 9.18 Å². The topological polar surface area (TPSA) is 32.3 Å². The van der Waals surface area contributed by atoms with Gasteiger partial charge in [-0.15, -0.1) is 0 Å². The Kier molecular flexibility index (Phi) is 4.93. The van der Waals surface area contributed by atoms with E-state index in [0.29, 0.717) is 6.54 Å². The molecule has 0 saturated heterocycles. The van der Waals surface area contributed by atoms with E-state index in [1.165, 1.54) is 12.1 Å². The molecule has 0 aliphatic rings. The Bertz CT molecular complexity index is 610. The van der Waals surface area contributed by atoms with E-state index in [1.807, 2.05) is 31.2 Å². The van der Waals surface area contributed by atoms with Crippen molar-refractivity contribution >= 4 is 11.6 Å². The van der Waals surface area contributed by atoms with E-state index >= 15 is 0 Å². The SMILES string of the molecule is Cc1ccccc1CNC(=O)CN(C)c1ccc(F)cc1. The zero-order chi connectivity index (χ0) is 15.2. The minimum Gasteiger partial charge on any atom is -0.365 e. The van der Waals surface area contributed by atoms with Crippen LogP contribution in [0.2, 0.25) is 0 Å². The van der Waals surface area contributed by atoms with Crippen molar-refractivity contribution in [1.82, 2.24) is 5.32 Å². The number of hydrogen-bond donors (Lipinski definition) is 1. The van der Waals surface area contributed by atoms with Crippen molar-refractivity contribution in [3.8, 4) is 0 Å². The second-order valence-electron chi connectivity index (χ2n) is 5.04. The molecule has 110 valence electrons. The normalized spacial score (nSPS) is 10.2. The summed E-state index contributed by atoms with van der Waals surface area (Å²) in [5.41, 5.74) is 3.07. The second kappa shape index (κ2) is 6.88. The predicted molar refractivity (Wildman–Crippen MR) is 82.7 cm³/mol. The number of rotatable bonds is 5. The van der Waals surface area contributed by atoms with Gasteiger partial charge in [-0.1, -0.05) is 24.3 Å². The third-order valence-electron chi connectivity index (χ3n) is 3.39. The lowest BCUT2D eigenvalue weighted by atomic mass is 10.1. The highest BCUT2D eigenvalue weighted by molar-refractivity contribution is 5.81. The van der Waals surface area contributed by atoms with Crippen LogP contribution in [0.15, 0.2) is 48.5 Å². The zero-order valence-electron chi connectivity index (χ0n) is 12.3. The Morgan fingerprint density at radius 3 is 2.48 bits per heavy atom. The molecule has 1 N–H and O–H groups in total. The van der Waals surface area contributed by atoms with E-state index < -0.39 is 0 Å². The first kappa shape index (κ1) is 15.0. The van der Waals surface area contributed by atoms with E-state index in [2.05, 4.69) is 5.32 Å². The van der Waals surface area contributed by atoms with Crippen molar-refractivity contribution < 1.29 is 9.18 Å². The largest absolute Gasteiger partial charge is 0.365 e. The lowest BCUT2D eigenvalue weighted by Gasteiger charge is -2.19. The molecule has 0 aromatic heterocycles. The summed E-state index contributed by atoms with van der Waals surface area (Å²) in [7, 11) is 1.81. The number of carbonyl (C=O) groups is 1. The van der Waals surface area contributed by atoms with Gasteiger partial charge in [0, 0.05) is 19.3 Å². The molecule has 0 radical (unpaired) electrons. The number of likely N-dealkylation sites (N-methyl/N-ethyl adjacent to an activating group) is 1. The first-order valence-electron chi connectivity index (χ1n) is 6.84. The lowest BCUT2D eigenvalue weighted by Crippen LogP contribution is -2.34. The van der Waals surface area contributed by atoms with E-state index in [-0.39, 0.29) is 18.3 Å². The van der Waals surface area contributed by atoms with Gasteiger partial charge in [-0.25, -0.2) is 4.39 Å². The lowest BCUT2D eigenvalue weighted by molar-refractivity contribution is -0.119. The molecule has 0 atom stereocenters. The molecule has 0 saturated carbocycles. The van der Waals surface area contributed by atoms with Gasteiger partial charge in [0.25, 0.3) is 0 Å². The molecule has 2 aromatic carbocycles. The second-order valence-corrected chi connectivity index (χ2v) is 5.04. The Hall–Kier alpha value is -2.36. The number of halogens is 1. The molecule has 0 bridgehead atoms. The Labute approximate surface area is 124 Å². The highest BCUT2D eigenvalue weighted by Crippen LogP contribution is 2.12. The van der Waals surface area contributed by atoms with Crippen LogP contribution in [0.5, 0.6) is 0 Å². The maximum absolute atomic E-state index is 12.9. The molecular weight excluding hydrogens is 267 g/mol. The number of carbonyl (C=O) groups excluding carboxylic acids is 1. The standard InChI is InChI=1S/C17H19FN2O/c1-13-5-3-4-6-14(13)11-19-17(21)12-20(2)16-9-7-15(18)8-10-16/h3-10H,11-12H2,1-2H3,(H,19,21). The van der Waals surface area contributed by atoms with Crippen LogP contribution in [-0.2, 0) is 11.3 Å². The van der Waals surface area contributed by atoms with E-state index in [1.54, 1.807) is 24.1 Å². The van der Waals surface area contributed by atoms with Crippen LogP contribution in [0.1, 0.15) is 11.1 Å². The fourth-order valence-corrected chi connectivity index (χ4v) is 2.06. The molecule has 0 aliphatic carbocycles. The number of nitrogens with one attached hydrogen (secondary N) is 1. The van der Waals surface area contributed by atoms with Crippen LogP contribution in [0.25, 0.3) is 0 Å². The zero-order valence-corrected chi connectivity index (χ0v) is 12.3. The molecule has 2 rings (SSSR count). The molecule has 0 heterocycles. The monoisotopic (exact) mass is 286 g/mol. The molecular formula is C17H19FN2O. The quantitative estimate of drug-likeness (QED) is 0.916. The van der Waals surface area contributed by atoms with Crippen molar-refractivity contribution in [2.45, 2.75) is 13.5 Å². The van der Waals surface area contributed by atoms with Gasteiger partial charge < -0.3 is 10.2 Å². The van der Waals surface area contributed by atoms with Crippen molar-refractivity contribution in [2.75, 3.05) is 18.5 Å². The Morgan fingerprint density at radius 1 is 1.14 bits per heavy atom. The highest BCUT2D eigenvalue weighted by atomic mass is 19.1. The van der Waals surface area contributed by atoms with Gasteiger partial charge in [0.1, 0.15) is 5.82 Å². The van der Waals surface area contributed by atoms with E-state index in [4.69, 9.17) is 0 Å². The number of amides is 1. The number of anilines is 1. The van der Waals surface area contributed by atoms with Gasteiger partial charge in [-0.2, -0.15) is 0 Å². The molecule has 2 aromatic rings. The maximum atomic E-state index is 12.9. The first-order chi connectivity index (χ1) is 10.1. The van der Waals surface area contributed by atoms with Gasteiger partial charge in [0.15, 0.2) is 0 Å². The third kappa shape index (κ3) is 4.31. The third-order valence-corrected chi connectivity index (χ3v) is 3.39. The number of nitrogens with zero attached hydrogens (tertiary/aromatic N) is 1. The molecule has 0 fully saturated rings. The Morgan fingerprint density at radius 2 is 1.81 bits per heavy atom. The number of aryl methyl sites for hydroxylation is 1. The predicted octanol–water partition coefficient (Wildman–Crippen LogP) is 2.89. The number of benzene rings is 2. The van der Waals surface area contributed by atoms with Crippen molar-refractivity contribution in [1.29, 1.82) is 0 Å². The molecule has 0 unspecified atom stereocenters. The van der Waals surface area contributed by atoms with E-state index in [0.717, 1.165) is 16.8 Å². The van der Waals surface area contributed by atoms with Gasteiger partial charge >= 0.3 is 0 Å². The van der Waals surface area contributed by atoms with Crippen LogP contribution in [0, 0.1) is 12.7 Å². The summed E-state index contributed by atoms with van der Waals surface area (Å²) >= 11 is 0. The van der Waals surface area contributed by atoms with Crippen LogP contribution in [0.3, 0.4) is 0 Å². The fraction of sp³-hybridized carbons (Fsp3) is 0.235. The minimum absolute atomic E-state index is 0.0647. The summed E-state index contributed by atoms with van der Waals surface area (Å²) in [5, 5.41) is 2.90. The van der Waals surface area contributed by atoms with Gasteiger partial charge in [-0.3, -0.25) is 4.79 Å². The molecule has 0 spiro atoms. The molecule has 3 nitrogen and oxygen atoms in total. The van der Waals surface area contributed by atoms with Crippen molar-refractivity contribution in [2.24, 2.45) is 0 Å². The van der Waals surface area contributed by atoms with Crippen molar-refractivity contribution in [3.63, 3.8) is 0 Å². The van der Waals surface area contributed by atoms with Crippen LogP contribution in [0.4, 0.5) is 10.1 Å². The average molecular weight is 286 g/mol. The smallest absolute Gasteiger partial charge is 0.239 e. The summed E-state index contributed by atoms with van der Waals surface area (Å²) in [6, 6.07) is 14.0. The van der Waals surface area contributed by atoms with Crippen molar-refractivity contribution in [3.05, 3.63) is 65.5 Å². The van der Waals surface area contributed by atoms with Gasteiger partial charge in [0.05, 0.1) is 6.54 Å². The maximum Gasteiger partial charge on any atom is 0.239 e. The summed E-state index contributed by atoms with van der Waals surface area (Å²) in [4.78, 5) is 13.7. The fourth-order valence-electron chi connectivity index (χ4n) is 2.06. The molecule has 4 heteroatoms. The van der Waals surface area contributed by atoms with Gasteiger partial charge in [-0.05, 0) is 42.3 Å².